The normalized spacial score (nSPS) is 23.4. The van der Waals surface area contributed by atoms with Crippen LogP contribution >= 0.6 is 11.8 Å². The number of anilines is 1. The Hall–Kier alpha value is -2.09. The molecular weight excluding hydrogens is 335 g/mol. The fourth-order valence-corrected chi connectivity index (χ4v) is 4.24. The van der Waals surface area contributed by atoms with Crippen LogP contribution in [0, 0.1) is 5.82 Å². The number of thioether (sulfide) groups is 1. The number of carbonyl (C=O) groups excluding carboxylic acids is 2. The number of nitrogens with zero attached hydrogens (tertiary/aromatic N) is 1. The first-order valence-corrected chi connectivity index (χ1v) is 8.80. The van der Waals surface area contributed by atoms with E-state index in [2.05, 4.69) is 5.32 Å². The van der Waals surface area contributed by atoms with Crippen LogP contribution in [0.2, 0.25) is 0 Å². The molecule has 0 radical (unpaired) electrons. The minimum atomic E-state index is -0.954. The van der Waals surface area contributed by atoms with Gasteiger partial charge in [0.15, 0.2) is 0 Å². The zero-order chi connectivity index (χ0) is 17.3. The van der Waals surface area contributed by atoms with Gasteiger partial charge in [-0.2, -0.15) is 11.8 Å². The second-order valence-corrected chi connectivity index (χ2v) is 7.04. The predicted octanol–water partition coefficient (Wildman–Crippen LogP) is 1.67. The Kier molecular flexibility index (Phi) is 4.75. The van der Waals surface area contributed by atoms with E-state index >= 15 is 0 Å². The average Bonchev–Trinajstić information content (AvgIpc) is 2.53. The molecule has 2 atom stereocenters. The number of amides is 2. The number of halogens is 1. The van der Waals surface area contributed by atoms with Crippen molar-refractivity contribution in [1.82, 2.24) is 4.90 Å². The van der Waals surface area contributed by atoms with Crippen LogP contribution < -0.4 is 5.32 Å². The fourth-order valence-electron chi connectivity index (χ4n) is 3.17. The molecule has 24 heavy (non-hydrogen) atoms. The molecule has 128 valence electrons. The van der Waals surface area contributed by atoms with E-state index in [-0.39, 0.29) is 30.7 Å². The van der Waals surface area contributed by atoms with Gasteiger partial charge < -0.3 is 15.3 Å². The molecule has 3 rings (SSSR count). The standard InChI is InChI=1S/C16H17FN2O4S/c17-9-1-2-11-12(7-14(20)18-13(11)5-9)16(23)19-3-4-24-8-10(19)6-15(21)22/h1-2,5,10,12H,3-4,6-8H2,(H,18,20)(H,21,22). The monoisotopic (exact) mass is 352 g/mol. The number of carbonyl (C=O) groups is 3. The Morgan fingerprint density at radius 1 is 1.42 bits per heavy atom. The number of hydrogen-bond donors (Lipinski definition) is 2. The molecule has 2 N–H and O–H groups in total. The number of carboxylic acids is 1. The van der Waals surface area contributed by atoms with Crippen LogP contribution in [-0.2, 0) is 14.4 Å². The van der Waals surface area contributed by atoms with Gasteiger partial charge in [0.05, 0.1) is 18.4 Å². The first-order chi connectivity index (χ1) is 11.5. The lowest BCUT2D eigenvalue weighted by atomic mass is 9.88. The van der Waals surface area contributed by atoms with Gasteiger partial charge in [-0.1, -0.05) is 6.07 Å². The van der Waals surface area contributed by atoms with Gasteiger partial charge >= 0.3 is 5.97 Å². The van der Waals surface area contributed by atoms with E-state index in [0.29, 0.717) is 23.5 Å². The Balaban J connectivity index is 1.88. The Morgan fingerprint density at radius 2 is 2.21 bits per heavy atom. The van der Waals surface area contributed by atoms with Gasteiger partial charge in [-0.05, 0) is 17.7 Å². The molecule has 0 aliphatic carbocycles. The quantitative estimate of drug-likeness (QED) is 0.864. The Labute approximate surface area is 142 Å². The number of aliphatic carboxylic acids is 1. The first kappa shape index (κ1) is 16.8. The van der Waals surface area contributed by atoms with Gasteiger partial charge in [-0.25, -0.2) is 4.39 Å². The topological polar surface area (TPSA) is 86.7 Å². The molecule has 1 fully saturated rings. The summed E-state index contributed by atoms with van der Waals surface area (Å²) in [7, 11) is 0. The van der Waals surface area contributed by atoms with Crippen LogP contribution in [-0.4, -0.2) is 51.9 Å². The van der Waals surface area contributed by atoms with Crippen molar-refractivity contribution in [3.63, 3.8) is 0 Å². The number of hydrogen-bond acceptors (Lipinski definition) is 4. The summed E-state index contributed by atoms with van der Waals surface area (Å²) in [6.45, 7) is 0.454. The van der Waals surface area contributed by atoms with Gasteiger partial charge in [0, 0.05) is 30.2 Å². The minimum Gasteiger partial charge on any atom is -0.481 e. The summed E-state index contributed by atoms with van der Waals surface area (Å²) in [4.78, 5) is 37.5. The van der Waals surface area contributed by atoms with Gasteiger partial charge in [-0.15, -0.1) is 0 Å². The molecule has 1 aromatic rings. The van der Waals surface area contributed by atoms with Crippen LogP contribution in [0.3, 0.4) is 0 Å². The molecule has 2 aliphatic heterocycles. The molecule has 1 saturated heterocycles. The molecule has 0 aromatic heterocycles. The Morgan fingerprint density at radius 3 is 2.96 bits per heavy atom. The molecule has 2 heterocycles. The molecule has 0 saturated carbocycles. The molecule has 1 aromatic carbocycles. The van der Waals surface area contributed by atoms with E-state index in [1.165, 1.54) is 18.2 Å². The highest BCUT2D eigenvalue weighted by Gasteiger charge is 2.37. The van der Waals surface area contributed by atoms with Crippen LogP contribution in [0.25, 0.3) is 0 Å². The molecular formula is C16H17FN2O4S. The number of rotatable bonds is 3. The number of fused-ring (bicyclic) bond motifs is 1. The van der Waals surface area contributed by atoms with Crippen molar-refractivity contribution >= 4 is 35.2 Å². The predicted molar refractivity (Wildman–Crippen MR) is 87.5 cm³/mol. The molecule has 2 unspecified atom stereocenters. The number of carboxylic acid groups (broad SMARTS) is 1. The van der Waals surface area contributed by atoms with E-state index in [9.17, 15) is 18.8 Å². The highest BCUT2D eigenvalue weighted by atomic mass is 32.2. The van der Waals surface area contributed by atoms with Crippen molar-refractivity contribution in [3.8, 4) is 0 Å². The van der Waals surface area contributed by atoms with Gasteiger partial charge in [0.1, 0.15) is 5.82 Å². The minimum absolute atomic E-state index is 0.0130. The highest BCUT2D eigenvalue weighted by molar-refractivity contribution is 7.99. The van der Waals surface area contributed by atoms with Crippen molar-refractivity contribution < 1.29 is 23.9 Å². The largest absolute Gasteiger partial charge is 0.481 e. The van der Waals surface area contributed by atoms with Crippen molar-refractivity contribution in [2.45, 2.75) is 24.8 Å². The summed E-state index contributed by atoms with van der Waals surface area (Å²) >= 11 is 1.61. The Bertz CT molecular complexity index is 697. The van der Waals surface area contributed by atoms with Gasteiger partial charge in [-0.3, -0.25) is 14.4 Å². The zero-order valence-electron chi connectivity index (χ0n) is 12.8. The molecule has 0 bridgehead atoms. The van der Waals surface area contributed by atoms with Crippen LogP contribution in [0.1, 0.15) is 24.3 Å². The summed E-state index contributed by atoms with van der Waals surface area (Å²) in [6.07, 6.45) is -0.130. The first-order valence-electron chi connectivity index (χ1n) is 7.65. The maximum atomic E-state index is 13.4. The summed E-state index contributed by atoms with van der Waals surface area (Å²) in [5.74, 6) is -1.44. The molecule has 6 nitrogen and oxygen atoms in total. The molecule has 8 heteroatoms. The van der Waals surface area contributed by atoms with E-state index < -0.39 is 17.7 Å². The lowest BCUT2D eigenvalue weighted by molar-refractivity contribution is -0.141. The molecule has 0 spiro atoms. The average molecular weight is 352 g/mol. The van der Waals surface area contributed by atoms with Crippen LogP contribution in [0.5, 0.6) is 0 Å². The van der Waals surface area contributed by atoms with Gasteiger partial charge in [0.2, 0.25) is 11.8 Å². The highest BCUT2D eigenvalue weighted by Crippen LogP contribution is 2.35. The smallest absolute Gasteiger partial charge is 0.305 e. The van der Waals surface area contributed by atoms with Crippen LogP contribution in [0.4, 0.5) is 10.1 Å². The second-order valence-electron chi connectivity index (χ2n) is 5.89. The maximum absolute atomic E-state index is 13.4. The van der Waals surface area contributed by atoms with Crippen molar-refractivity contribution in [2.24, 2.45) is 0 Å². The van der Waals surface area contributed by atoms with E-state index in [0.717, 1.165) is 5.75 Å². The van der Waals surface area contributed by atoms with Gasteiger partial charge in [0.25, 0.3) is 0 Å². The second kappa shape index (κ2) is 6.80. The summed E-state index contributed by atoms with van der Waals surface area (Å²) < 4.78 is 13.4. The summed E-state index contributed by atoms with van der Waals surface area (Å²) in [5.41, 5.74) is 0.888. The van der Waals surface area contributed by atoms with Crippen molar-refractivity contribution in [2.75, 3.05) is 23.4 Å². The summed E-state index contributed by atoms with van der Waals surface area (Å²) in [5, 5.41) is 11.6. The van der Waals surface area contributed by atoms with Crippen LogP contribution in [0.15, 0.2) is 18.2 Å². The third-order valence-corrected chi connectivity index (χ3v) is 5.37. The SMILES string of the molecule is O=C(O)CC1CSCCN1C(=O)C1CC(=O)Nc2cc(F)ccc21. The number of nitrogens with one attached hydrogen (secondary N) is 1. The molecule has 2 aliphatic rings. The zero-order valence-corrected chi connectivity index (χ0v) is 13.6. The maximum Gasteiger partial charge on any atom is 0.305 e. The van der Waals surface area contributed by atoms with Crippen molar-refractivity contribution in [3.05, 3.63) is 29.6 Å². The molecule has 2 amide bonds. The van der Waals surface area contributed by atoms with E-state index in [1.54, 1.807) is 16.7 Å². The number of benzene rings is 1. The lowest BCUT2D eigenvalue weighted by Crippen LogP contribution is -2.49. The van der Waals surface area contributed by atoms with E-state index in [4.69, 9.17) is 5.11 Å². The van der Waals surface area contributed by atoms with E-state index in [1.807, 2.05) is 0 Å². The lowest BCUT2D eigenvalue weighted by Gasteiger charge is -2.38. The third-order valence-electron chi connectivity index (χ3n) is 4.27. The third kappa shape index (κ3) is 3.38. The van der Waals surface area contributed by atoms with Crippen molar-refractivity contribution in [1.29, 1.82) is 0 Å². The summed E-state index contributed by atoms with van der Waals surface area (Å²) in [6, 6.07) is 3.59. The fraction of sp³-hybridized carbons (Fsp3) is 0.438.